The molecule has 26 heavy (non-hydrogen) atoms. The third-order valence-electron chi connectivity index (χ3n) is 8.59. The van der Waals surface area contributed by atoms with Crippen LogP contribution in [0.5, 0.6) is 0 Å². The minimum absolute atomic E-state index is 0.00778. The maximum absolute atomic E-state index is 11.4. The van der Waals surface area contributed by atoms with Crippen LogP contribution in [0.25, 0.3) is 0 Å². The minimum atomic E-state index is -0.712. The van der Waals surface area contributed by atoms with Crippen LogP contribution in [-0.4, -0.2) is 22.4 Å². The standard InChI is InChI=1S/C22H34O4/c1-14(2)17-8-11-21(4)18(20(17,3)10-9-19(23)24)7-6-15-12-16(26-25)13-22(15,21)5/h12,16-18,25H,1,6-11,13H2,2-5H3,(H,23,24). The Bertz CT molecular complexity index is 638. The van der Waals surface area contributed by atoms with Gasteiger partial charge >= 0.3 is 5.97 Å². The molecule has 0 aliphatic heterocycles. The number of carboxylic acid groups (broad SMARTS) is 1. The van der Waals surface area contributed by atoms with Crippen LogP contribution in [0.4, 0.5) is 0 Å². The molecule has 0 aromatic carbocycles. The summed E-state index contributed by atoms with van der Waals surface area (Å²) < 4.78 is 0. The zero-order chi connectivity index (χ0) is 19.3. The Balaban J connectivity index is 2.01. The highest BCUT2D eigenvalue weighted by molar-refractivity contribution is 5.66. The molecule has 6 unspecified atom stereocenters. The molecule has 146 valence electrons. The topological polar surface area (TPSA) is 66.8 Å². The lowest BCUT2D eigenvalue weighted by molar-refractivity contribution is -0.271. The zero-order valence-electron chi connectivity index (χ0n) is 16.7. The number of allylic oxidation sites excluding steroid dienone is 2. The Morgan fingerprint density at radius 3 is 2.62 bits per heavy atom. The number of carbonyl (C=O) groups is 1. The van der Waals surface area contributed by atoms with Gasteiger partial charge in [-0.1, -0.05) is 44.6 Å². The monoisotopic (exact) mass is 362 g/mol. The Morgan fingerprint density at radius 2 is 2.04 bits per heavy atom. The first kappa shape index (κ1) is 19.6. The average molecular weight is 363 g/mol. The SMILES string of the molecule is C=C(C)C1CCC2(C)C(CCC3=CC(OO)CC32C)C1(C)CCC(=O)O. The number of fused-ring (bicyclic) bond motifs is 3. The van der Waals surface area contributed by atoms with E-state index in [1.54, 1.807) is 0 Å². The van der Waals surface area contributed by atoms with Gasteiger partial charge in [0.2, 0.25) is 0 Å². The molecule has 0 bridgehead atoms. The van der Waals surface area contributed by atoms with E-state index in [1.165, 1.54) is 11.1 Å². The van der Waals surface area contributed by atoms with Crippen molar-refractivity contribution in [3.8, 4) is 0 Å². The van der Waals surface area contributed by atoms with E-state index < -0.39 is 5.97 Å². The summed E-state index contributed by atoms with van der Waals surface area (Å²) in [5, 5.41) is 18.6. The summed E-state index contributed by atoms with van der Waals surface area (Å²) in [4.78, 5) is 16.1. The molecule has 3 aliphatic rings. The molecule has 0 heterocycles. The largest absolute Gasteiger partial charge is 0.481 e. The number of hydrogen-bond donors (Lipinski definition) is 2. The van der Waals surface area contributed by atoms with Crippen molar-refractivity contribution in [2.45, 2.75) is 78.7 Å². The van der Waals surface area contributed by atoms with Gasteiger partial charge in [-0.05, 0) is 73.5 Å². The van der Waals surface area contributed by atoms with E-state index in [4.69, 9.17) is 4.89 Å². The van der Waals surface area contributed by atoms with Crippen LogP contribution in [-0.2, 0) is 9.68 Å². The van der Waals surface area contributed by atoms with Crippen molar-refractivity contribution >= 4 is 5.97 Å². The van der Waals surface area contributed by atoms with Crippen LogP contribution >= 0.6 is 0 Å². The number of carboxylic acids is 1. The van der Waals surface area contributed by atoms with E-state index in [-0.39, 0.29) is 28.8 Å². The summed E-state index contributed by atoms with van der Waals surface area (Å²) in [5.41, 5.74) is 2.65. The molecule has 0 saturated heterocycles. The summed E-state index contributed by atoms with van der Waals surface area (Å²) in [6.07, 6.45) is 7.92. The molecule has 0 aromatic heterocycles. The van der Waals surface area contributed by atoms with E-state index in [2.05, 4.69) is 40.3 Å². The van der Waals surface area contributed by atoms with Gasteiger partial charge in [0.15, 0.2) is 0 Å². The lowest BCUT2D eigenvalue weighted by Crippen LogP contribution is -2.57. The normalized spacial score (nSPS) is 44.8. The quantitative estimate of drug-likeness (QED) is 0.387. The van der Waals surface area contributed by atoms with Crippen molar-refractivity contribution in [3.63, 3.8) is 0 Å². The molecule has 6 atom stereocenters. The fourth-order valence-electron chi connectivity index (χ4n) is 7.09. The van der Waals surface area contributed by atoms with E-state index in [0.717, 1.165) is 32.1 Å². The lowest BCUT2D eigenvalue weighted by atomic mass is 9.39. The van der Waals surface area contributed by atoms with Crippen LogP contribution in [0, 0.1) is 28.1 Å². The van der Waals surface area contributed by atoms with Gasteiger partial charge < -0.3 is 5.11 Å². The van der Waals surface area contributed by atoms with Gasteiger partial charge in [-0.25, -0.2) is 4.89 Å². The van der Waals surface area contributed by atoms with Crippen molar-refractivity contribution < 1.29 is 20.0 Å². The second kappa shape index (κ2) is 6.49. The fourth-order valence-corrected chi connectivity index (χ4v) is 7.09. The van der Waals surface area contributed by atoms with Gasteiger partial charge in [-0.2, -0.15) is 0 Å². The smallest absolute Gasteiger partial charge is 0.303 e. The van der Waals surface area contributed by atoms with Gasteiger partial charge in [0.05, 0.1) is 0 Å². The van der Waals surface area contributed by atoms with Gasteiger partial charge in [0, 0.05) is 6.42 Å². The molecule has 0 aromatic rings. The van der Waals surface area contributed by atoms with Crippen LogP contribution in [0.3, 0.4) is 0 Å². The Morgan fingerprint density at radius 1 is 1.35 bits per heavy atom. The average Bonchev–Trinajstić information content (AvgIpc) is 2.91. The molecule has 2 fully saturated rings. The predicted octanol–water partition coefficient (Wildman–Crippen LogP) is 5.45. The van der Waals surface area contributed by atoms with Crippen LogP contribution in [0.15, 0.2) is 23.8 Å². The van der Waals surface area contributed by atoms with Crippen LogP contribution in [0.1, 0.15) is 72.6 Å². The molecular weight excluding hydrogens is 328 g/mol. The molecule has 3 aliphatic carbocycles. The highest BCUT2D eigenvalue weighted by Crippen LogP contribution is 2.71. The van der Waals surface area contributed by atoms with Crippen molar-refractivity contribution in [1.29, 1.82) is 0 Å². The molecule has 4 heteroatoms. The molecule has 4 nitrogen and oxygen atoms in total. The molecular formula is C22H34O4. The minimum Gasteiger partial charge on any atom is -0.481 e. The number of rotatable bonds is 5. The van der Waals surface area contributed by atoms with Gasteiger partial charge in [0.25, 0.3) is 0 Å². The first-order chi connectivity index (χ1) is 12.1. The summed E-state index contributed by atoms with van der Waals surface area (Å²) in [6, 6.07) is 0. The first-order valence-corrected chi connectivity index (χ1v) is 9.97. The third-order valence-corrected chi connectivity index (χ3v) is 8.59. The lowest BCUT2D eigenvalue weighted by Gasteiger charge is -2.65. The highest BCUT2D eigenvalue weighted by atomic mass is 17.1. The maximum atomic E-state index is 11.4. The molecule has 0 spiro atoms. The van der Waals surface area contributed by atoms with Gasteiger partial charge in [0.1, 0.15) is 6.10 Å². The molecule has 0 radical (unpaired) electrons. The molecule has 2 N–H and O–H groups in total. The van der Waals surface area contributed by atoms with E-state index >= 15 is 0 Å². The van der Waals surface area contributed by atoms with Crippen molar-refractivity contribution in [1.82, 2.24) is 0 Å². The third kappa shape index (κ3) is 2.68. The van der Waals surface area contributed by atoms with E-state index in [9.17, 15) is 15.2 Å². The van der Waals surface area contributed by atoms with Crippen LogP contribution < -0.4 is 0 Å². The second-order valence-corrected chi connectivity index (χ2v) is 9.72. The maximum Gasteiger partial charge on any atom is 0.303 e. The molecule has 0 amide bonds. The summed E-state index contributed by atoms with van der Waals surface area (Å²) in [5.74, 6) is 0.112. The van der Waals surface area contributed by atoms with Crippen molar-refractivity contribution in [2.75, 3.05) is 0 Å². The predicted molar refractivity (Wildman–Crippen MR) is 102 cm³/mol. The van der Waals surface area contributed by atoms with Gasteiger partial charge in [-0.15, -0.1) is 0 Å². The van der Waals surface area contributed by atoms with Crippen LogP contribution in [0.2, 0.25) is 0 Å². The second-order valence-electron chi connectivity index (χ2n) is 9.72. The number of hydrogen-bond acceptors (Lipinski definition) is 3. The summed E-state index contributed by atoms with van der Waals surface area (Å²) in [7, 11) is 0. The van der Waals surface area contributed by atoms with Crippen molar-refractivity contribution in [2.24, 2.45) is 28.1 Å². The Labute approximate surface area is 157 Å². The van der Waals surface area contributed by atoms with Gasteiger partial charge in [-0.3, -0.25) is 10.1 Å². The first-order valence-electron chi connectivity index (χ1n) is 9.97. The highest BCUT2D eigenvalue weighted by Gasteiger charge is 2.63. The summed E-state index contributed by atoms with van der Waals surface area (Å²) in [6.45, 7) is 13.4. The Kier molecular flexibility index (Phi) is 4.90. The fraction of sp³-hybridized carbons (Fsp3) is 0.773. The van der Waals surface area contributed by atoms with E-state index in [1.807, 2.05) is 0 Å². The Hall–Kier alpha value is -1.13. The number of aliphatic carboxylic acids is 1. The molecule has 2 saturated carbocycles. The van der Waals surface area contributed by atoms with E-state index in [0.29, 0.717) is 18.3 Å². The zero-order valence-corrected chi connectivity index (χ0v) is 16.7. The van der Waals surface area contributed by atoms with Crippen molar-refractivity contribution in [3.05, 3.63) is 23.8 Å². The summed E-state index contributed by atoms with van der Waals surface area (Å²) >= 11 is 0. The molecule has 3 rings (SSSR count).